The number of rotatable bonds is 17. The van der Waals surface area contributed by atoms with Crippen molar-refractivity contribution < 1.29 is 78.0 Å². The maximum Gasteiger partial charge on any atom is 0.121 e. The Labute approximate surface area is 901 Å². The number of halogens is 1. The molecule has 13 aromatic carbocycles. The normalized spacial score (nSPS) is 12.5. The summed E-state index contributed by atoms with van der Waals surface area (Å²) in [6.45, 7) is 29.4. The Kier molecular flexibility index (Phi) is 35.6. The largest absolute Gasteiger partial charge is 0.500 e. The van der Waals surface area contributed by atoms with Gasteiger partial charge >= 0.3 is 0 Å². The van der Waals surface area contributed by atoms with Crippen LogP contribution in [0.2, 0.25) is 39.3 Å². The molecule has 0 bridgehead atoms. The summed E-state index contributed by atoms with van der Waals surface area (Å²) in [5.41, 5.74) is 30.5. The first-order valence-electron chi connectivity index (χ1n) is 49.5. The number of aromatic nitrogens is 6. The van der Waals surface area contributed by atoms with Gasteiger partial charge in [0, 0.05) is 131 Å². The summed E-state index contributed by atoms with van der Waals surface area (Å²) in [5.74, 6) is 1.36. The van der Waals surface area contributed by atoms with Crippen molar-refractivity contribution in [2.45, 2.75) is 143 Å². The number of benzene rings is 13. The van der Waals surface area contributed by atoms with E-state index in [1.54, 1.807) is 0 Å². The molecule has 0 N–H and O–H groups in total. The molecular weight excluding hydrogens is 2360 g/mol. The Morgan fingerprint density at radius 3 is 1.22 bits per heavy atom. The number of furan rings is 3. The van der Waals surface area contributed by atoms with Crippen LogP contribution in [0.1, 0.15) is 135 Å². The second-order valence-corrected chi connectivity index (χ2v) is 50.3. The zero-order valence-electron chi connectivity index (χ0n) is 84.6. The summed E-state index contributed by atoms with van der Waals surface area (Å²) in [7, 11) is -2.46. The minimum Gasteiger partial charge on any atom is -0.500 e. The van der Waals surface area contributed by atoms with Gasteiger partial charge in [0.25, 0.3) is 0 Å². The van der Waals surface area contributed by atoms with Crippen molar-refractivity contribution in [3.05, 3.63) is 481 Å². The third-order valence-corrected chi connectivity index (χ3v) is 31.1. The fourth-order valence-corrected chi connectivity index (χ4v) is 20.6. The average molecular weight is 2480 g/mol. The van der Waals surface area contributed by atoms with Crippen molar-refractivity contribution in [3.63, 3.8) is 0 Å². The maximum absolute atomic E-state index is 13.6. The zero-order valence-corrected chi connectivity index (χ0v) is 93.8. The molecule has 9 aromatic heterocycles. The molecule has 9 heterocycles. The topological polar surface area (TPSA) is 117 Å². The molecule has 9 nitrogen and oxygen atoms in total. The van der Waals surface area contributed by atoms with Crippen LogP contribution in [-0.4, -0.2) is 46.1 Å². The molecule has 737 valence electrons. The molecular formula is C131H117FIr3N6O3Si2-6. The van der Waals surface area contributed by atoms with Crippen LogP contribution < -0.4 is 10.4 Å². The fourth-order valence-electron chi connectivity index (χ4n) is 18.5. The molecule has 3 unspecified atom stereocenters. The first-order valence-corrected chi connectivity index (χ1v) is 56.5. The molecule has 3 radical (unpaired) electrons. The molecule has 1 aliphatic carbocycles. The number of nitrogens with zero attached hydrogens (tertiary/aromatic N) is 6. The summed E-state index contributed by atoms with van der Waals surface area (Å²) in [5, 5.41) is 9.37. The van der Waals surface area contributed by atoms with Gasteiger partial charge in [-0.15, -0.1) is 179 Å². The van der Waals surface area contributed by atoms with Crippen LogP contribution in [0.4, 0.5) is 4.39 Å². The average Bonchev–Trinajstić information content (AvgIpc) is 1.61. The first-order chi connectivity index (χ1) is 69.3. The Balaban J connectivity index is 0.000000134. The van der Waals surface area contributed by atoms with E-state index >= 15 is 0 Å². The molecule has 0 amide bonds. The molecule has 3 atom stereocenters. The standard InChI is InChI=1S/C31H28NO.C29H26NO.C25H17FNO.C18H14N.2C14H16NSi.3Ir/c1-21(24-9-3-2-4-10-24)25-11-13-27-28-19-26(12-14-30(28)33-31(27)20-25)29-18-23(15-16-32-29)17-22-7-5-6-8-22;1-19(20-8-6-5-7-9-20)21-10-12-24-25-16-22(11-13-27(25)31-28(24)17-21)26-18-23(14-15-30-26)29(2,3)4;1-16(17-6-3-2-4-7-17)20-8-5-9-24-25(20)21-14-18(10-11-23(21)28-24)22-15-19(26)12-13-27-22;1-14-13-19-18(16-10-6-3-7-11-16)12-17(14)15-8-4-2-5-9-15;2*1-16(2,3)13-9-10-14(15-11-13)12-7-5-4-6-8-12;;;/h2-4,9-11,13-16,18-22H,5-8,17H2,1H3;5-10,12-19H,1-4H3;2-9,11-16H,1H3;2-10,12-13H,1H3;2*4-7,9-11H,1-3H3;;;/q6*-1;;;. The molecule has 0 saturated heterocycles. The smallest absolute Gasteiger partial charge is 0.121 e. The van der Waals surface area contributed by atoms with Gasteiger partial charge in [-0.1, -0.05) is 328 Å². The third kappa shape index (κ3) is 26.1. The molecule has 0 spiro atoms. The van der Waals surface area contributed by atoms with Gasteiger partial charge in [-0.2, -0.15) is 0 Å². The second-order valence-electron chi connectivity index (χ2n) is 40.2. The summed E-state index contributed by atoms with van der Waals surface area (Å²) in [6.07, 6.45) is 17.9. The maximum atomic E-state index is 13.6. The van der Waals surface area contributed by atoms with E-state index in [9.17, 15) is 4.39 Å². The van der Waals surface area contributed by atoms with Gasteiger partial charge < -0.3 is 43.2 Å². The number of hydrogen-bond donors (Lipinski definition) is 0. The van der Waals surface area contributed by atoms with E-state index in [-0.39, 0.29) is 77.5 Å². The van der Waals surface area contributed by atoms with Crippen LogP contribution in [-0.2, 0) is 72.2 Å². The molecule has 146 heavy (non-hydrogen) atoms. The Morgan fingerprint density at radius 2 is 0.760 bits per heavy atom. The number of aryl methyl sites for hydroxylation is 1. The number of pyridine rings is 6. The van der Waals surface area contributed by atoms with Crippen LogP contribution in [0, 0.1) is 55.1 Å². The predicted molar refractivity (Wildman–Crippen MR) is 595 cm³/mol. The van der Waals surface area contributed by atoms with Crippen LogP contribution in [0.15, 0.2) is 402 Å². The van der Waals surface area contributed by atoms with Gasteiger partial charge in [-0.05, 0) is 167 Å². The predicted octanol–water partition coefficient (Wildman–Crippen LogP) is 33.7. The minimum absolute atomic E-state index is 0. The first kappa shape index (κ1) is 107. The van der Waals surface area contributed by atoms with E-state index in [0.29, 0.717) is 17.5 Å². The van der Waals surface area contributed by atoms with Gasteiger partial charge in [-0.25, -0.2) is 4.39 Å². The Morgan fingerprint density at radius 1 is 0.342 bits per heavy atom. The molecule has 1 aliphatic rings. The number of fused-ring (bicyclic) bond motifs is 9. The molecule has 23 rings (SSSR count). The molecule has 1 fully saturated rings. The minimum atomic E-state index is -1.23. The van der Waals surface area contributed by atoms with Crippen LogP contribution >= 0.6 is 0 Å². The van der Waals surface area contributed by atoms with Gasteiger partial charge in [-0.3, -0.25) is 0 Å². The second kappa shape index (κ2) is 48.7. The van der Waals surface area contributed by atoms with Crippen molar-refractivity contribution in [1.82, 2.24) is 29.9 Å². The van der Waals surface area contributed by atoms with Gasteiger partial charge in [0.1, 0.15) is 22.6 Å². The van der Waals surface area contributed by atoms with Crippen LogP contribution in [0.5, 0.6) is 0 Å². The summed E-state index contributed by atoms with van der Waals surface area (Å²) in [4.78, 5) is 27.1. The van der Waals surface area contributed by atoms with E-state index in [0.717, 1.165) is 140 Å². The van der Waals surface area contributed by atoms with Crippen molar-refractivity contribution in [2.24, 2.45) is 5.92 Å². The van der Waals surface area contributed by atoms with Crippen molar-refractivity contribution in [1.29, 1.82) is 0 Å². The molecule has 22 aromatic rings. The van der Waals surface area contributed by atoms with E-state index in [4.69, 9.17) is 13.3 Å². The van der Waals surface area contributed by atoms with E-state index in [1.807, 2.05) is 152 Å². The quantitative estimate of drug-likeness (QED) is 0.0649. The number of hydrogen-bond acceptors (Lipinski definition) is 9. The van der Waals surface area contributed by atoms with E-state index in [2.05, 4.69) is 372 Å². The van der Waals surface area contributed by atoms with Gasteiger partial charge in [0.2, 0.25) is 0 Å². The van der Waals surface area contributed by atoms with E-state index < -0.39 is 16.1 Å². The third-order valence-electron chi connectivity index (χ3n) is 27.1. The summed E-state index contributed by atoms with van der Waals surface area (Å²) < 4.78 is 32.1. The Bertz CT molecular complexity index is 7960. The van der Waals surface area contributed by atoms with Gasteiger partial charge in [0.05, 0.1) is 32.9 Å². The summed E-state index contributed by atoms with van der Waals surface area (Å²) in [6, 6.07) is 139. The fraction of sp³-hybridized carbons (Fsp3) is 0.176. The van der Waals surface area contributed by atoms with Crippen molar-refractivity contribution in [2.75, 3.05) is 0 Å². The van der Waals surface area contributed by atoms with Gasteiger partial charge in [0.15, 0.2) is 0 Å². The van der Waals surface area contributed by atoms with Crippen molar-refractivity contribution >= 4 is 92.3 Å². The van der Waals surface area contributed by atoms with Crippen LogP contribution in [0.25, 0.3) is 144 Å². The molecule has 0 aliphatic heterocycles. The SMILES string of the molecule is CC(c1ccccc1)c1ccc2c(c1)oc1c[c-]c(-c3cc(C(C)(C)C)ccn3)cc12.CC(c1ccccc1)c1ccc2c(c1)oc1c[c-]c(-c3cc(CC4CCCC4)ccn3)cc12.CC(c1ccccc1)c1cccc2oc3c[c-]c(-c4cc(F)ccn4)cc3c12.C[Si](C)(C)c1ccc(-c2[c-]cccc2)nc1.C[Si](C)(C)c1ccc(-c2[c-]cccc2)nc1.Cc1cnc(-c2[c-]cccc2)cc1-c1ccccc1.[Ir].[Ir].[Ir]. The molecule has 1 saturated carbocycles. The molecule has 15 heteroatoms. The van der Waals surface area contributed by atoms with Crippen LogP contribution in [0.3, 0.4) is 0 Å². The summed E-state index contributed by atoms with van der Waals surface area (Å²) >= 11 is 0. The Hall–Kier alpha value is -13.5. The zero-order chi connectivity index (χ0) is 99.1. The van der Waals surface area contributed by atoms with E-state index in [1.165, 1.54) is 116 Å². The van der Waals surface area contributed by atoms with Crippen molar-refractivity contribution in [3.8, 4) is 78.7 Å². The monoisotopic (exact) mass is 2480 g/mol.